The predicted molar refractivity (Wildman–Crippen MR) is 123 cm³/mol. The zero-order valence-corrected chi connectivity index (χ0v) is 20.7. The van der Waals surface area contributed by atoms with Crippen LogP contribution in [0.25, 0.3) is 22.6 Å². The molecule has 0 atom stereocenters. The van der Waals surface area contributed by atoms with Crippen LogP contribution in [0, 0.1) is 12.1 Å². The third-order valence-corrected chi connectivity index (χ3v) is 5.53. The maximum absolute atomic E-state index is 13.4. The summed E-state index contributed by atoms with van der Waals surface area (Å²) in [6.45, 7) is 6.15. The predicted octanol–water partition coefficient (Wildman–Crippen LogP) is 5.48. The average Bonchev–Trinajstić information content (AvgIpc) is 2.82. The van der Waals surface area contributed by atoms with E-state index in [1.807, 2.05) is 63.2 Å². The Labute approximate surface area is 207 Å². The SMILES string of the molecule is CC(C)(C)c1cc2[c-]c(c1)C(=O)c1cccc(n1)-c1cccc(n1)-c1[c-]c(ccc1)C2=O.[Pt+2]. The summed E-state index contributed by atoms with van der Waals surface area (Å²) >= 11 is 0. The topological polar surface area (TPSA) is 59.9 Å². The van der Waals surface area contributed by atoms with Gasteiger partial charge in [-0.1, -0.05) is 61.2 Å². The third-order valence-electron chi connectivity index (χ3n) is 5.53. The number of carbonyl (C=O) groups excluding carboxylic acids is 2. The molecular weight excluding hydrogens is 591 g/mol. The molecule has 5 rings (SSSR count). The van der Waals surface area contributed by atoms with Gasteiger partial charge in [-0.2, -0.15) is 0 Å². The van der Waals surface area contributed by atoms with Crippen LogP contribution in [0.4, 0.5) is 0 Å². The molecule has 0 spiro atoms. The normalized spacial score (nSPS) is 12.6. The molecule has 2 aromatic heterocycles. The third kappa shape index (κ3) is 4.36. The van der Waals surface area contributed by atoms with Crippen LogP contribution >= 0.6 is 0 Å². The van der Waals surface area contributed by atoms with E-state index in [0.717, 1.165) is 5.56 Å². The first kappa shape index (κ1) is 22.9. The van der Waals surface area contributed by atoms with Gasteiger partial charge in [0.25, 0.3) is 0 Å². The van der Waals surface area contributed by atoms with Gasteiger partial charge in [-0.3, -0.25) is 9.97 Å². The zero-order chi connectivity index (χ0) is 22.5. The van der Waals surface area contributed by atoms with E-state index >= 15 is 0 Å². The molecule has 0 amide bonds. The van der Waals surface area contributed by atoms with Crippen molar-refractivity contribution in [3.63, 3.8) is 0 Å². The minimum atomic E-state index is -0.280. The van der Waals surface area contributed by atoms with Gasteiger partial charge in [-0.25, -0.2) is 0 Å². The number of benzene rings is 2. The van der Waals surface area contributed by atoms with Gasteiger partial charge in [0.05, 0.1) is 17.1 Å². The van der Waals surface area contributed by atoms with Crippen molar-refractivity contribution in [1.29, 1.82) is 0 Å². The average molecular weight is 612 g/mol. The fraction of sp³-hybridized carbons (Fsp3) is 0.143. The van der Waals surface area contributed by atoms with E-state index in [0.29, 0.717) is 39.3 Å². The maximum Gasteiger partial charge on any atom is 2.00 e. The van der Waals surface area contributed by atoms with Gasteiger partial charge in [0.1, 0.15) is 11.6 Å². The van der Waals surface area contributed by atoms with Gasteiger partial charge in [0.2, 0.25) is 0 Å². The first-order chi connectivity index (χ1) is 15.3. The van der Waals surface area contributed by atoms with E-state index < -0.39 is 0 Å². The van der Waals surface area contributed by atoms with Gasteiger partial charge in [0, 0.05) is 5.69 Å². The van der Waals surface area contributed by atoms with Crippen molar-refractivity contribution < 1.29 is 30.7 Å². The molecule has 1 aliphatic heterocycles. The minimum Gasteiger partial charge on any atom is -0.336 e. The number of hydrogen-bond donors (Lipinski definition) is 0. The van der Waals surface area contributed by atoms with Crippen molar-refractivity contribution in [3.05, 3.63) is 107 Å². The van der Waals surface area contributed by atoms with Crippen LogP contribution in [0.1, 0.15) is 58.3 Å². The van der Waals surface area contributed by atoms with Crippen LogP contribution in [0.15, 0.2) is 66.7 Å². The summed E-state index contributed by atoms with van der Waals surface area (Å²) in [5.74, 6) is -0.514. The largest absolute Gasteiger partial charge is 2.00 e. The zero-order valence-electron chi connectivity index (χ0n) is 18.4. The molecule has 5 heteroatoms. The van der Waals surface area contributed by atoms with Crippen molar-refractivity contribution in [3.8, 4) is 22.6 Å². The number of carbonyl (C=O) groups is 2. The number of nitrogens with zero attached hydrogens (tertiary/aromatic N) is 2. The summed E-state index contributed by atoms with van der Waals surface area (Å²) in [4.78, 5) is 36.1. The molecule has 1 aliphatic rings. The van der Waals surface area contributed by atoms with Crippen molar-refractivity contribution in [2.24, 2.45) is 0 Å². The number of hydrogen-bond acceptors (Lipinski definition) is 4. The Morgan fingerprint density at radius 1 is 0.606 bits per heavy atom. The molecule has 4 nitrogen and oxygen atoms in total. The quantitative estimate of drug-likeness (QED) is 0.218. The second-order valence-electron chi connectivity index (χ2n) is 8.90. The molecule has 33 heavy (non-hydrogen) atoms. The van der Waals surface area contributed by atoms with Gasteiger partial charge in [-0.05, 0) is 23.6 Å². The van der Waals surface area contributed by atoms with Crippen LogP contribution in [0.2, 0.25) is 0 Å². The molecule has 0 aliphatic carbocycles. The molecule has 8 bridgehead atoms. The summed E-state index contributed by atoms with van der Waals surface area (Å²) in [6.07, 6.45) is 0. The van der Waals surface area contributed by atoms with Crippen molar-refractivity contribution in [1.82, 2.24) is 9.97 Å². The minimum absolute atomic E-state index is 0. The Bertz CT molecular complexity index is 1310. The molecule has 4 aromatic rings. The Morgan fingerprint density at radius 2 is 1.09 bits per heavy atom. The van der Waals surface area contributed by atoms with E-state index in [-0.39, 0.29) is 43.7 Å². The summed E-state index contributed by atoms with van der Waals surface area (Å²) in [5, 5.41) is 0. The fourth-order valence-electron chi connectivity index (χ4n) is 3.71. The molecule has 0 saturated carbocycles. The van der Waals surface area contributed by atoms with Crippen molar-refractivity contribution in [2.75, 3.05) is 0 Å². The van der Waals surface area contributed by atoms with Gasteiger partial charge in [0.15, 0.2) is 0 Å². The monoisotopic (exact) mass is 611 g/mol. The maximum atomic E-state index is 13.4. The molecular formula is C28H20N2O2Pt. The summed E-state index contributed by atoms with van der Waals surface area (Å²) in [7, 11) is 0. The summed E-state index contributed by atoms with van der Waals surface area (Å²) in [6, 6.07) is 26.2. The molecule has 2 aromatic carbocycles. The van der Waals surface area contributed by atoms with Crippen molar-refractivity contribution in [2.45, 2.75) is 26.2 Å². The number of pyridine rings is 2. The van der Waals surface area contributed by atoms with Crippen LogP contribution in [-0.4, -0.2) is 21.5 Å². The van der Waals surface area contributed by atoms with E-state index in [1.165, 1.54) is 0 Å². The summed E-state index contributed by atoms with van der Waals surface area (Å²) < 4.78 is 0. The van der Waals surface area contributed by atoms with Crippen molar-refractivity contribution >= 4 is 11.6 Å². The first-order valence-electron chi connectivity index (χ1n) is 10.4. The van der Waals surface area contributed by atoms with E-state index in [2.05, 4.69) is 17.1 Å². The molecule has 3 heterocycles. The van der Waals surface area contributed by atoms with Crippen LogP contribution in [0.3, 0.4) is 0 Å². The molecule has 0 fully saturated rings. The Balaban J connectivity index is 0.00000259. The molecule has 0 unspecified atom stereocenters. The van der Waals surface area contributed by atoms with E-state index in [4.69, 9.17) is 4.98 Å². The standard InChI is InChI=1S/C28H20N2O2.Pt/c1-28(2,3)21-15-19-14-20(16-21)27(32)25-12-6-11-24(30-25)23-10-5-9-22(29-23)17-7-4-8-18(13-17)26(19)31;/h4-12,15-16H,1-3H3;/q-2;+2. The van der Waals surface area contributed by atoms with Crippen LogP contribution in [0.5, 0.6) is 0 Å². The molecule has 0 saturated heterocycles. The van der Waals surface area contributed by atoms with Gasteiger partial charge in [-0.15, -0.1) is 48.0 Å². The van der Waals surface area contributed by atoms with Gasteiger partial charge >= 0.3 is 21.1 Å². The Morgan fingerprint density at radius 3 is 1.76 bits per heavy atom. The molecule has 164 valence electrons. The van der Waals surface area contributed by atoms with E-state index in [1.54, 1.807) is 24.3 Å². The van der Waals surface area contributed by atoms with Gasteiger partial charge < -0.3 is 9.59 Å². The Kier molecular flexibility index (Phi) is 5.98. The second-order valence-corrected chi connectivity index (χ2v) is 8.90. The number of fused-ring (bicyclic) bond motifs is 10. The van der Waals surface area contributed by atoms with Crippen LogP contribution < -0.4 is 0 Å². The number of ketones is 2. The number of rotatable bonds is 0. The van der Waals surface area contributed by atoms with E-state index in [9.17, 15) is 9.59 Å². The first-order valence-corrected chi connectivity index (χ1v) is 10.4. The summed E-state index contributed by atoms with van der Waals surface area (Å²) in [5.41, 5.74) is 4.63. The second kappa shape index (κ2) is 8.61. The fourth-order valence-corrected chi connectivity index (χ4v) is 3.71. The smallest absolute Gasteiger partial charge is 0.336 e. The molecule has 0 radical (unpaired) electrons. The molecule has 0 N–H and O–H groups in total. The Hall–Kier alpha value is -3.23. The number of aromatic nitrogens is 2. The van der Waals surface area contributed by atoms with Crippen LogP contribution in [-0.2, 0) is 26.5 Å².